The van der Waals surface area contributed by atoms with Gasteiger partial charge in [-0.1, -0.05) is 0 Å². The third-order valence-corrected chi connectivity index (χ3v) is 2.78. The molecule has 0 aliphatic carbocycles. The number of hydrogen-bond acceptors (Lipinski definition) is 3. The van der Waals surface area contributed by atoms with Gasteiger partial charge in [-0.25, -0.2) is 0 Å². The molecule has 0 fully saturated rings. The van der Waals surface area contributed by atoms with Crippen LogP contribution in [0.5, 0.6) is 0 Å². The van der Waals surface area contributed by atoms with Crippen LogP contribution in [0.2, 0.25) is 0 Å². The molecule has 0 saturated carbocycles. The summed E-state index contributed by atoms with van der Waals surface area (Å²) in [5.41, 5.74) is -2.63. The van der Waals surface area contributed by atoms with Gasteiger partial charge in [0.2, 0.25) is 0 Å². The predicted octanol–water partition coefficient (Wildman–Crippen LogP) is 3.42. The molecule has 17 heavy (non-hydrogen) atoms. The largest absolute Gasteiger partial charge is 0.423 e. The van der Waals surface area contributed by atoms with Crippen molar-refractivity contribution in [2.75, 3.05) is 0 Å². The van der Waals surface area contributed by atoms with Crippen molar-refractivity contribution >= 4 is 34.1 Å². The van der Waals surface area contributed by atoms with Gasteiger partial charge in [0.25, 0.3) is 5.69 Å². The van der Waals surface area contributed by atoms with Crippen LogP contribution < -0.4 is 0 Å². The van der Waals surface area contributed by atoms with Gasteiger partial charge in [-0.15, -0.1) is 0 Å². The van der Waals surface area contributed by atoms with Crippen LogP contribution in [0.15, 0.2) is 12.1 Å². The molecule has 1 aromatic rings. The van der Waals surface area contributed by atoms with Crippen molar-refractivity contribution in [3.05, 3.63) is 36.9 Å². The molecule has 0 aromatic heterocycles. The molecule has 0 unspecified atom stereocenters. The smallest absolute Gasteiger partial charge is 0.295 e. The van der Waals surface area contributed by atoms with Crippen molar-refractivity contribution in [2.24, 2.45) is 0 Å². The van der Waals surface area contributed by atoms with E-state index in [1.165, 1.54) is 22.6 Å². The lowest BCUT2D eigenvalue weighted by Gasteiger charge is -2.09. The zero-order chi connectivity index (χ0) is 13.4. The molecule has 0 radical (unpaired) electrons. The summed E-state index contributed by atoms with van der Waals surface area (Å²) < 4.78 is 37.6. The number of hydrogen-bond donors (Lipinski definition) is 0. The molecule has 8 heteroatoms. The maximum atomic E-state index is 12.6. The van der Waals surface area contributed by atoms with E-state index in [-0.39, 0.29) is 9.13 Å². The molecule has 4 nitrogen and oxygen atoms in total. The number of alkyl halides is 3. The van der Waals surface area contributed by atoms with E-state index in [2.05, 4.69) is 0 Å². The fourth-order valence-electron chi connectivity index (χ4n) is 1.20. The van der Waals surface area contributed by atoms with Crippen LogP contribution in [-0.4, -0.2) is 10.7 Å². The SMILES string of the molecule is CC(=O)c1cc(I)c([N+](=O)[O-])c(C(F)(F)F)c1. The van der Waals surface area contributed by atoms with Gasteiger partial charge in [-0.3, -0.25) is 14.9 Å². The van der Waals surface area contributed by atoms with Gasteiger partial charge in [0, 0.05) is 5.56 Å². The number of carbonyl (C=O) groups is 1. The molecule has 92 valence electrons. The van der Waals surface area contributed by atoms with Crippen LogP contribution in [0.3, 0.4) is 0 Å². The van der Waals surface area contributed by atoms with Crippen LogP contribution in [-0.2, 0) is 6.18 Å². The second kappa shape index (κ2) is 4.59. The van der Waals surface area contributed by atoms with Gasteiger partial charge in [0.05, 0.1) is 8.49 Å². The Morgan fingerprint density at radius 3 is 2.29 bits per heavy atom. The van der Waals surface area contributed by atoms with E-state index in [0.29, 0.717) is 6.07 Å². The molecule has 0 amide bonds. The van der Waals surface area contributed by atoms with Crippen LogP contribution in [0.4, 0.5) is 18.9 Å². The first-order valence-electron chi connectivity index (χ1n) is 4.20. The lowest BCUT2D eigenvalue weighted by atomic mass is 10.1. The molecule has 1 rings (SSSR count). The molecule has 0 bridgehead atoms. The molecule has 0 aliphatic heterocycles. The van der Waals surface area contributed by atoms with Crippen LogP contribution in [0, 0.1) is 13.7 Å². The Hall–Kier alpha value is -1.19. The Labute approximate surface area is 107 Å². The minimum absolute atomic E-state index is 0.202. The Kier molecular flexibility index (Phi) is 3.74. The van der Waals surface area contributed by atoms with E-state index in [1.54, 1.807) is 0 Å². The third kappa shape index (κ3) is 2.93. The van der Waals surface area contributed by atoms with Crippen molar-refractivity contribution in [2.45, 2.75) is 13.1 Å². The highest BCUT2D eigenvalue weighted by Crippen LogP contribution is 2.39. The Balaban J connectivity index is 3.62. The number of ketones is 1. The number of nitro groups is 1. The summed E-state index contributed by atoms with van der Waals surface area (Å²) >= 11 is 1.41. The fraction of sp³-hybridized carbons (Fsp3) is 0.222. The van der Waals surface area contributed by atoms with E-state index >= 15 is 0 Å². The number of benzene rings is 1. The van der Waals surface area contributed by atoms with E-state index in [4.69, 9.17) is 0 Å². The standard InChI is InChI=1S/C9H5F3INO3/c1-4(15)5-2-6(9(10,11)12)8(14(16)17)7(13)3-5/h2-3H,1H3. The molecule has 0 N–H and O–H groups in total. The first-order chi connectivity index (χ1) is 7.64. The summed E-state index contributed by atoms with van der Waals surface area (Å²) in [7, 11) is 0. The van der Waals surface area contributed by atoms with Gasteiger partial charge in [-0.2, -0.15) is 13.2 Å². The lowest BCUT2D eigenvalue weighted by Crippen LogP contribution is -2.12. The van der Waals surface area contributed by atoms with Crippen molar-refractivity contribution in [3.63, 3.8) is 0 Å². The Morgan fingerprint density at radius 2 is 1.94 bits per heavy atom. The summed E-state index contributed by atoms with van der Waals surface area (Å²) in [6.45, 7) is 1.09. The zero-order valence-electron chi connectivity index (χ0n) is 8.34. The molecular weight excluding hydrogens is 354 g/mol. The first-order valence-corrected chi connectivity index (χ1v) is 5.28. The number of halogens is 4. The maximum absolute atomic E-state index is 12.6. The topological polar surface area (TPSA) is 60.2 Å². The molecule has 0 heterocycles. The summed E-state index contributed by atoms with van der Waals surface area (Å²) in [4.78, 5) is 20.5. The van der Waals surface area contributed by atoms with Crippen LogP contribution >= 0.6 is 22.6 Å². The van der Waals surface area contributed by atoms with Crippen molar-refractivity contribution in [1.29, 1.82) is 0 Å². The van der Waals surface area contributed by atoms with Gasteiger partial charge >= 0.3 is 6.18 Å². The predicted molar refractivity (Wildman–Crippen MR) is 60.8 cm³/mol. The monoisotopic (exact) mass is 359 g/mol. The maximum Gasteiger partial charge on any atom is 0.423 e. The number of rotatable bonds is 2. The Bertz CT molecular complexity index is 499. The van der Waals surface area contributed by atoms with E-state index < -0.39 is 28.1 Å². The van der Waals surface area contributed by atoms with E-state index in [9.17, 15) is 28.1 Å². The molecule has 0 aliphatic rings. The van der Waals surface area contributed by atoms with Crippen LogP contribution in [0.1, 0.15) is 22.8 Å². The van der Waals surface area contributed by atoms with Gasteiger partial charge < -0.3 is 0 Å². The fourth-order valence-corrected chi connectivity index (χ4v) is 2.03. The number of Topliss-reactive ketones (excluding diaryl/α,β-unsaturated/α-hetero) is 1. The zero-order valence-corrected chi connectivity index (χ0v) is 10.5. The molecule has 0 saturated heterocycles. The van der Waals surface area contributed by atoms with E-state index in [0.717, 1.165) is 13.0 Å². The normalized spacial score (nSPS) is 11.4. The summed E-state index contributed by atoms with van der Waals surface area (Å²) in [6, 6.07) is 1.57. The summed E-state index contributed by atoms with van der Waals surface area (Å²) in [6.07, 6.45) is -4.87. The van der Waals surface area contributed by atoms with Gasteiger partial charge in [0.1, 0.15) is 5.56 Å². The number of carbonyl (C=O) groups excluding carboxylic acids is 1. The highest BCUT2D eigenvalue weighted by Gasteiger charge is 2.40. The van der Waals surface area contributed by atoms with Crippen molar-refractivity contribution in [3.8, 4) is 0 Å². The van der Waals surface area contributed by atoms with E-state index in [1.807, 2.05) is 0 Å². The highest BCUT2D eigenvalue weighted by atomic mass is 127. The quantitative estimate of drug-likeness (QED) is 0.352. The highest BCUT2D eigenvalue weighted by molar-refractivity contribution is 14.1. The number of nitro benzene ring substituents is 1. The van der Waals surface area contributed by atoms with Crippen molar-refractivity contribution in [1.82, 2.24) is 0 Å². The van der Waals surface area contributed by atoms with Crippen molar-refractivity contribution < 1.29 is 22.9 Å². The minimum Gasteiger partial charge on any atom is -0.295 e. The third-order valence-electron chi connectivity index (χ3n) is 1.96. The van der Waals surface area contributed by atoms with Gasteiger partial charge in [-0.05, 0) is 41.6 Å². The first kappa shape index (κ1) is 13.9. The minimum atomic E-state index is -4.87. The average Bonchev–Trinajstić information content (AvgIpc) is 2.14. The van der Waals surface area contributed by atoms with Crippen LogP contribution in [0.25, 0.3) is 0 Å². The summed E-state index contributed by atoms with van der Waals surface area (Å²) in [5, 5.41) is 10.6. The molecule has 0 atom stereocenters. The second-order valence-electron chi connectivity index (χ2n) is 3.17. The Morgan fingerprint density at radius 1 is 1.41 bits per heavy atom. The molecule has 0 spiro atoms. The number of nitrogens with zero attached hydrogens (tertiary/aromatic N) is 1. The molecular formula is C9H5F3INO3. The summed E-state index contributed by atoms with van der Waals surface area (Å²) in [5.74, 6) is -0.580. The van der Waals surface area contributed by atoms with Gasteiger partial charge in [0.15, 0.2) is 5.78 Å². The molecule has 1 aromatic carbocycles. The second-order valence-corrected chi connectivity index (χ2v) is 4.33. The lowest BCUT2D eigenvalue weighted by molar-refractivity contribution is -0.389. The average molecular weight is 359 g/mol.